The first-order valence-electron chi connectivity index (χ1n) is 5.78. The van der Waals surface area contributed by atoms with Crippen molar-refractivity contribution < 1.29 is 9.53 Å². The van der Waals surface area contributed by atoms with E-state index in [1.165, 1.54) is 18.9 Å². The molecule has 0 aliphatic rings. The fourth-order valence-electron chi connectivity index (χ4n) is 1.83. The number of aromatic nitrogens is 1. The van der Waals surface area contributed by atoms with Gasteiger partial charge in [-0.3, -0.25) is 9.78 Å². The number of fused-ring (bicyclic) bond motifs is 1. The van der Waals surface area contributed by atoms with Gasteiger partial charge in [0, 0.05) is 20.4 Å². The number of thioether (sulfide) groups is 1. The predicted octanol–water partition coefficient (Wildman–Crippen LogP) is 3.88. The largest absolute Gasteiger partial charge is 0.468 e. The fraction of sp³-hybridized carbons (Fsp3) is 0.286. The van der Waals surface area contributed by atoms with Crippen LogP contribution in [-0.4, -0.2) is 23.8 Å². The van der Waals surface area contributed by atoms with Gasteiger partial charge in [-0.15, -0.1) is 11.8 Å². The third kappa shape index (κ3) is 3.28. The number of rotatable bonds is 3. The molecule has 0 saturated carbocycles. The van der Waals surface area contributed by atoms with Crippen molar-refractivity contribution in [2.45, 2.75) is 18.7 Å². The summed E-state index contributed by atoms with van der Waals surface area (Å²) in [5.74, 6) is 0.0833. The van der Waals surface area contributed by atoms with Crippen LogP contribution in [0.3, 0.4) is 0 Å². The highest BCUT2D eigenvalue weighted by molar-refractivity contribution is 9.10. The van der Waals surface area contributed by atoms with Gasteiger partial charge in [-0.2, -0.15) is 0 Å². The molecule has 0 bridgehead atoms. The van der Waals surface area contributed by atoms with Crippen LogP contribution in [0.15, 0.2) is 27.6 Å². The lowest BCUT2D eigenvalue weighted by Crippen LogP contribution is -2.03. The number of aryl methyl sites for hydroxylation is 2. The molecule has 0 amide bonds. The molecule has 1 heterocycles. The molecule has 0 aliphatic carbocycles. The van der Waals surface area contributed by atoms with E-state index < -0.39 is 0 Å². The normalized spacial score (nSPS) is 10.7. The Bertz CT molecular complexity index is 643. The van der Waals surface area contributed by atoms with E-state index in [2.05, 4.69) is 31.7 Å². The van der Waals surface area contributed by atoms with Crippen molar-refractivity contribution >= 4 is 44.6 Å². The van der Waals surface area contributed by atoms with Gasteiger partial charge >= 0.3 is 5.97 Å². The summed E-state index contributed by atoms with van der Waals surface area (Å²) >= 11 is 5.03. The molecule has 3 nitrogen and oxygen atoms in total. The second kappa shape index (κ2) is 5.92. The lowest BCUT2D eigenvalue weighted by atomic mass is 10.1. The van der Waals surface area contributed by atoms with Crippen molar-refractivity contribution in [3.8, 4) is 0 Å². The second-order valence-electron chi connectivity index (χ2n) is 4.27. The molecule has 0 radical (unpaired) electrons. The second-order valence-corrected chi connectivity index (χ2v) is 6.14. The summed E-state index contributed by atoms with van der Waals surface area (Å²) in [5, 5.41) is 1.06. The van der Waals surface area contributed by atoms with E-state index in [0.29, 0.717) is 5.75 Å². The Balaban J connectivity index is 2.50. The van der Waals surface area contributed by atoms with Crippen LogP contribution in [0.4, 0.5) is 0 Å². The van der Waals surface area contributed by atoms with Crippen molar-refractivity contribution in [3.63, 3.8) is 0 Å². The third-order valence-corrected chi connectivity index (χ3v) is 4.31. The van der Waals surface area contributed by atoms with Gasteiger partial charge in [0.15, 0.2) is 0 Å². The first-order valence-corrected chi connectivity index (χ1v) is 7.56. The van der Waals surface area contributed by atoms with E-state index >= 15 is 0 Å². The maximum atomic E-state index is 11.3. The minimum atomic E-state index is -0.223. The Morgan fingerprint density at radius 3 is 2.79 bits per heavy atom. The van der Waals surface area contributed by atoms with Gasteiger partial charge in [0.1, 0.15) is 0 Å². The van der Waals surface area contributed by atoms with E-state index in [9.17, 15) is 4.79 Å². The Labute approximate surface area is 124 Å². The van der Waals surface area contributed by atoms with Gasteiger partial charge in [-0.25, -0.2) is 0 Å². The number of halogens is 1. The Morgan fingerprint density at radius 2 is 2.11 bits per heavy atom. The van der Waals surface area contributed by atoms with E-state index in [-0.39, 0.29) is 5.97 Å². The molecule has 0 saturated heterocycles. The molecule has 1 aromatic heterocycles. The first-order chi connectivity index (χ1) is 9.01. The van der Waals surface area contributed by atoms with Crippen LogP contribution in [0.1, 0.15) is 11.3 Å². The van der Waals surface area contributed by atoms with E-state index in [1.807, 2.05) is 26.0 Å². The molecule has 0 atom stereocenters. The van der Waals surface area contributed by atoms with Gasteiger partial charge in [-0.1, -0.05) is 0 Å². The number of hydrogen-bond acceptors (Lipinski definition) is 4. The van der Waals surface area contributed by atoms with Crippen LogP contribution in [0, 0.1) is 13.8 Å². The number of esters is 1. The van der Waals surface area contributed by atoms with Crippen LogP contribution in [0.2, 0.25) is 0 Å². The average Bonchev–Trinajstić information content (AvgIpc) is 2.36. The smallest absolute Gasteiger partial charge is 0.315 e. The lowest BCUT2D eigenvalue weighted by Gasteiger charge is -2.09. The summed E-state index contributed by atoms with van der Waals surface area (Å²) in [7, 11) is 1.40. The fourth-order valence-corrected chi connectivity index (χ4v) is 3.45. The maximum absolute atomic E-state index is 11.3. The molecule has 100 valence electrons. The lowest BCUT2D eigenvalue weighted by molar-refractivity contribution is -0.137. The zero-order chi connectivity index (χ0) is 14.0. The first kappa shape index (κ1) is 14.3. The molecular formula is C14H14BrNO2S. The molecule has 0 fully saturated rings. The molecule has 2 aromatic rings. The topological polar surface area (TPSA) is 39.2 Å². The number of methoxy groups -OCH3 is 1. The zero-order valence-corrected chi connectivity index (χ0v) is 13.4. The minimum absolute atomic E-state index is 0.223. The van der Waals surface area contributed by atoms with E-state index in [0.717, 1.165) is 31.5 Å². The monoisotopic (exact) mass is 339 g/mol. The summed E-state index contributed by atoms with van der Waals surface area (Å²) in [6, 6.07) is 6.14. The van der Waals surface area contributed by atoms with Crippen LogP contribution >= 0.6 is 27.7 Å². The van der Waals surface area contributed by atoms with Gasteiger partial charge in [0.05, 0.1) is 18.4 Å². The number of ether oxygens (including phenoxy) is 1. The molecule has 1 aromatic carbocycles. The molecule has 0 aliphatic heterocycles. The predicted molar refractivity (Wildman–Crippen MR) is 81.7 cm³/mol. The number of nitrogens with zero attached hydrogens (tertiary/aromatic N) is 1. The molecule has 5 heteroatoms. The number of hydrogen-bond donors (Lipinski definition) is 0. The van der Waals surface area contributed by atoms with Gasteiger partial charge in [-0.05, 0) is 53.5 Å². The zero-order valence-electron chi connectivity index (χ0n) is 11.0. The quantitative estimate of drug-likeness (QED) is 0.628. The van der Waals surface area contributed by atoms with Crippen molar-refractivity contribution in [3.05, 3.63) is 33.9 Å². The number of pyridine rings is 1. The number of carbonyl (C=O) groups is 1. The Hall–Kier alpha value is -1.07. The molecule has 0 N–H and O–H groups in total. The van der Waals surface area contributed by atoms with Crippen molar-refractivity contribution in [2.24, 2.45) is 0 Å². The summed E-state index contributed by atoms with van der Waals surface area (Å²) in [4.78, 5) is 16.9. The van der Waals surface area contributed by atoms with Gasteiger partial charge < -0.3 is 4.74 Å². The van der Waals surface area contributed by atoms with E-state index in [1.54, 1.807) is 0 Å². The van der Waals surface area contributed by atoms with Crippen LogP contribution in [-0.2, 0) is 9.53 Å². The van der Waals surface area contributed by atoms with Gasteiger partial charge in [0.2, 0.25) is 0 Å². The van der Waals surface area contributed by atoms with Crippen LogP contribution < -0.4 is 0 Å². The molecular weight excluding hydrogens is 326 g/mol. The summed E-state index contributed by atoms with van der Waals surface area (Å²) in [5.41, 5.74) is 3.02. The highest BCUT2D eigenvalue weighted by Crippen LogP contribution is 2.32. The summed E-state index contributed by atoms with van der Waals surface area (Å²) in [6.45, 7) is 3.99. The molecule has 0 spiro atoms. The van der Waals surface area contributed by atoms with Gasteiger partial charge in [0.25, 0.3) is 0 Å². The van der Waals surface area contributed by atoms with Crippen molar-refractivity contribution in [1.29, 1.82) is 0 Å². The SMILES string of the molecule is COC(=O)CSc1cc(C)nc2c(Br)cc(C)cc12. The highest BCUT2D eigenvalue weighted by Gasteiger charge is 2.10. The van der Waals surface area contributed by atoms with Crippen molar-refractivity contribution in [1.82, 2.24) is 4.98 Å². The third-order valence-electron chi connectivity index (χ3n) is 2.67. The highest BCUT2D eigenvalue weighted by atomic mass is 79.9. The standard InChI is InChI=1S/C14H14BrNO2S/c1-8-4-10-12(19-7-13(17)18-3)6-9(2)16-14(10)11(15)5-8/h4-6H,7H2,1-3H3. The number of benzene rings is 1. The average molecular weight is 340 g/mol. The van der Waals surface area contributed by atoms with Crippen LogP contribution in [0.5, 0.6) is 0 Å². The Kier molecular flexibility index (Phi) is 4.47. The molecule has 0 unspecified atom stereocenters. The van der Waals surface area contributed by atoms with Crippen molar-refractivity contribution in [2.75, 3.05) is 12.9 Å². The minimum Gasteiger partial charge on any atom is -0.468 e. The summed E-state index contributed by atoms with van der Waals surface area (Å²) in [6.07, 6.45) is 0. The van der Waals surface area contributed by atoms with Crippen LogP contribution in [0.25, 0.3) is 10.9 Å². The number of carbonyl (C=O) groups excluding carboxylic acids is 1. The molecule has 2 rings (SSSR count). The Morgan fingerprint density at radius 1 is 1.37 bits per heavy atom. The maximum Gasteiger partial charge on any atom is 0.315 e. The molecule has 19 heavy (non-hydrogen) atoms. The van der Waals surface area contributed by atoms with E-state index in [4.69, 9.17) is 0 Å². The summed E-state index contributed by atoms with van der Waals surface area (Å²) < 4.78 is 5.65.